The lowest BCUT2D eigenvalue weighted by Crippen LogP contribution is -2.46. The molecule has 0 radical (unpaired) electrons. The van der Waals surface area contributed by atoms with Gasteiger partial charge in [0.15, 0.2) is 0 Å². The molecule has 1 aromatic heterocycles. The number of rotatable bonds is 4. The maximum Gasteiger partial charge on any atom is 0.345 e. The fraction of sp³-hybridized carbons (Fsp3) is 0.583. The van der Waals surface area contributed by atoms with E-state index in [1.54, 1.807) is 6.07 Å². The standard InChI is InChI=1S/C12H18N2O2S/c1-2-5-13-6-8-14(9-7-13)11-4-3-10(17-11)12(15)16/h3-4H,2,5-9H2,1H3,(H,15,16). The molecule has 1 aromatic rings. The summed E-state index contributed by atoms with van der Waals surface area (Å²) in [6, 6.07) is 3.62. The summed E-state index contributed by atoms with van der Waals surface area (Å²) in [7, 11) is 0. The summed E-state index contributed by atoms with van der Waals surface area (Å²) >= 11 is 1.37. The molecule has 2 heterocycles. The van der Waals surface area contributed by atoms with Crippen molar-refractivity contribution in [3.63, 3.8) is 0 Å². The van der Waals surface area contributed by atoms with Crippen LogP contribution in [0.15, 0.2) is 12.1 Å². The Labute approximate surface area is 105 Å². The van der Waals surface area contributed by atoms with Crippen LogP contribution in [0.2, 0.25) is 0 Å². The number of anilines is 1. The molecule has 0 atom stereocenters. The highest BCUT2D eigenvalue weighted by Crippen LogP contribution is 2.26. The smallest absolute Gasteiger partial charge is 0.345 e. The Bertz CT molecular complexity index is 384. The highest BCUT2D eigenvalue weighted by Gasteiger charge is 2.18. The summed E-state index contributed by atoms with van der Waals surface area (Å²) < 4.78 is 0. The van der Waals surface area contributed by atoms with Gasteiger partial charge in [-0.1, -0.05) is 6.92 Å². The van der Waals surface area contributed by atoms with E-state index in [0.29, 0.717) is 4.88 Å². The lowest BCUT2D eigenvalue weighted by atomic mass is 10.3. The van der Waals surface area contributed by atoms with Crippen LogP contribution in [0.1, 0.15) is 23.0 Å². The number of piperazine rings is 1. The van der Waals surface area contributed by atoms with Gasteiger partial charge in [-0.25, -0.2) is 4.79 Å². The first kappa shape index (κ1) is 12.4. The van der Waals surface area contributed by atoms with Crippen LogP contribution in [0.25, 0.3) is 0 Å². The van der Waals surface area contributed by atoms with Gasteiger partial charge in [-0.15, -0.1) is 11.3 Å². The molecule has 0 aromatic carbocycles. The number of carbonyl (C=O) groups is 1. The normalized spacial score (nSPS) is 17.4. The summed E-state index contributed by atoms with van der Waals surface area (Å²) in [4.78, 5) is 16.0. The third-order valence-electron chi connectivity index (χ3n) is 3.03. The van der Waals surface area contributed by atoms with Crippen molar-refractivity contribution in [2.75, 3.05) is 37.6 Å². The van der Waals surface area contributed by atoms with E-state index in [1.165, 1.54) is 24.3 Å². The lowest BCUT2D eigenvalue weighted by Gasteiger charge is -2.35. The number of nitrogens with zero attached hydrogens (tertiary/aromatic N) is 2. The van der Waals surface area contributed by atoms with Crippen molar-refractivity contribution in [2.45, 2.75) is 13.3 Å². The third kappa shape index (κ3) is 2.98. The molecule has 1 aliphatic rings. The highest BCUT2D eigenvalue weighted by molar-refractivity contribution is 7.17. The number of carboxylic acid groups (broad SMARTS) is 1. The summed E-state index contributed by atoms with van der Waals surface area (Å²) in [5.74, 6) is -0.828. The van der Waals surface area contributed by atoms with Crippen molar-refractivity contribution >= 4 is 22.3 Å². The van der Waals surface area contributed by atoms with Crippen LogP contribution >= 0.6 is 11.3 Å². The van der Waals surface area contributed by atoms with E-state index in [4.69, 9.17) is 5.11 Å². The first-order valence-electron chi connectivity index (χ1n) is 6.01. The van der Waals surface area contributed by atoms with Crippen LogP contribution < -0.4 is 4.90 Å². The summed E-state index contributed by atoms with van der Waals surface area (Å²) in [6.07, 6.45) is 1.20. The molecule has 0 bridgehead atoms. The van der Waals surface area contributed by atoms with Gasteiger partial charge in [0.25, 0.3) is 0 Å². The van der Waals surface area contributed by atoms with Crippen molar-refractivity contribution in [1.82, 2.24) is 4.90 Å². The minimum atomic E-state index is -0.828. The van der Waals surface area contributed by atoms with Gasteiger partial charge in [-0.3, -0.25) is 4.90 Å². The molecular formula is C12H18N2O2S. The van der Waals surface area contributed by atoms with E-state index in [9.17, 15) is 4.79 Å². The number of hydrogen-bond donors (Lipinski definition) is 1. The molecular weight excluding hydrogens is 236 g/mol. The fourth-order valence-electron chi connectivity index (χ4n) is 2.12. The maximum atomic E-state index is 10.8. The second kappa shape index (κ2) is 5.51. The largest absolute Gasteiger partial charge is 0.477 e. The van der Waals surface area contributed by atoms with E-state index < -0.39 is 5.97 Å². The minimum absolute atomic E-state index is 0.427. The van der Waals surface area contributed by atoms with Gasteiger partial charge in [-0.2, -0.15) is 0 Å². The van der Waals surface area contributed by atoms with Gasteiger partial charge in [0.05, 0.1) is 5.00 Å². The Morgan fingerprint density at radius 3 is 2.59 bits per heavy atom. The Hall–Kier alpha value is -1.07. The van der Waals surface area contributed by atoms with E-state index in [1.807, 2.05) is 6.07 Å². The zero-order valence-corrected chi connectivity index (χ0v) is 10.9. The predicted octanol–water partition coefficient (Wildman–Crippen LogP) is 1.98. The number of aromatic carboxylic acids is 1. The molecule has 2 rings (SSSR count). The topological polar surface area (TPSA) is 43.8 Å². The van der Waals surface area contributed by atoms with Crippen LogP contribution in [-0.2, 0) is 0 Å². The van der Waals surface area contributed by atoms with Gasteiger partial charge in [0, 0.05) is 26.2 Å². The number of hydrogen-bond acceptors (Lipinski definition) is 4. The molecule has 4 nitrogen and oxygen atoms in total. The maximum absolute atomic E-state index is 10.8. The Kier molecular flexibility index (Phi) is 4.02. The Balaban J connectivity index is 1.93. The van der Waals surface area contributed by atoms with Gasteiger partial charge in [0.2, 0.25) is 0 Å². The first-order chi connectivity index (χ1) is 8.20. The summed E-state index contributed by atoms with van der Waals surface area (Å²) in [5, 5.41) is 9.97. The molecule has 5 heteroatoms. The fourth-order valence-corrected chi connectivity index (χ4v) is 3.02. The van der Waals surface area contributed by atoms with Gasteiger partial charge in [-0.05, 0) is 25.1 Å². The molecule has 1 saturated heterocycles. The molecule has 0 unspecified atom stereocenters. The number of thiophene rings is 1. The average Bonchev–Trinajstić information content (AvgIpc) is 2.80. The van der Waals surface area contributed by atoms with Crippen LogP contribution in [0.3, 0.4) is 0 Å². The third-order valence-corrected chi connectivity index (χ3v) is 4.16. The molecule has 94 valence electrons. The average molecular weight is 254 g/mol. The van der Waals surface area contributed by atoms with Crippen molar-refractivity contribution in [2.24, 2.45) is 0 Å². The first-order valence-corrected chi connectivity index (χ1v) is 6.83. The van der Waals surface area contributed by atoms with Gasteiger partial charge in [0.1, 0.15) is 4.88 Å². The summed E-state index contributed by atoms with van der Waals surface area (Å²) in [5.41, 5.74) is 0. The second-order valence-electron chi connectivity index (χ2n) is 4.27. The molecule has 0 amide bonds. The molecule has 0 spiro atoms. The van der Waals surface area contributed by atoms with Crippen molar-refractivity contribution in [1.29, 1.82) is 0 Å². The highest BCUT2D eigenvalue weighted by atomic mass is 32.1. The van der Waals surface area contributed by atoms with Crippen LogP contribution in [0.4, 0.5) is 5.00 Å². The lowest BCUT2D eigenvalue weighted by molar-refractivity contribution is 0.0702. The Morgan fingerprint density at radius 2 is 2.06 bits per heavy atom. The monoisotopic (exact) mass is 254 g/mol. The van der Waals surface area contributed by atoms with Crippen molar-refractivity contribution < 1.29 is 9.90 Å². The molecule has 0 saturated carbocycles. The zero-order chi connectivity index (χ0) is 12.3. The quantitative estimate of drug-likeness (QED) is 0.892. The molecule has 1 aliphatic heterocycles. The number of carboxylic acids is 1. The second-order valence-corrected chi connectivity index (χ2v) is 5.33. The molecule has 1 fully saturated rings. The minimum Gasteiger partial charge on any atom is -0.477 e. The van der Waals surface area contributed by atoms with Crippen LogP contribution in [0, 0.1) is 0 Å². The molecule has 17 heavy (non-hydrogen) atoms. The van der Waals surface area contributed by atoms with Crippen LogP contribution in [0.5, 0.6) is 0 Å². The zero-order valence-electron chi connectivity index (χ0n) is 10.1. The van der Waals surface area contributed by atoms with E-state index >= 15 is 0 Å². The van der Waals surface area contributed by atoms with Gasteiger partial charge >= 0.3 is 5.97 Å². The molecule has 1 N–H and O–H groups in total. The van der Waals surface area contributed by atoms with E-state index in [-0.39, 0.29) is 0 Å². The van der Waals surface area contributed by atoms with E-state index in [2.05, 4.69) is 16.7 Å². The Morgan fingerprint density at radius 1 is 1.35 bits per heavy atom. The molecule has 0 aliphatic carbocycles. The van der Waals surface area contributed by atoms with Crippen molar-refractivity contribution in [3.05, 3.63) is 17.0 Å². The van der Waals surface area contributed by atoms with Crippen LogP contribution in [-0.4, -0.2) is 48.7 Å². The van der Waals surface area contributed by atoms with Crippen molar-refractivity contribution in [3.8, 4) is 0 Å². The predicted molar refractivity (Wildman–Crippen MR) is 70.2 cm³/mol. The van der Waals surface area contributed by atoms with Gasteiger partial charge < -0.3 is 10.0 Å². The van der Waals surface area contributed by atoms with E-state index in [0.717, 1.165) is 31.2 Å². The SMILES string of the molecule is CCCN1CCN(c2ccc(C(=O)O)s2)CC1. The summed E-state index contributed by atoms with van der Waals surface area (Å²) in [6.45, 7) is 7.52.